The first-order valence-corrected chi connectivity index (χ1v) is 13.1. The smallest absolute Gasteiger partial charge is 0.416 e. The van der Waals surface area contributed by atoms with Crippen molar-refractivity contribution in [2.24, 2.45) is 0 Å². The van der Waals surface area contributed by atoms with Crippen molar-refractivity contribution in [1.82, 2.24) is 9.97 Å². The minimum absolute atomic E-state index is 0.0300. The second-order valence-corrected chi connectivity index (χ2v) is 9.80. The van der Waals surface area contributed by atoms with E-state index in [9.17, 15) is 22.8 Å². The average Bonchev–Trinajstić information content (AvgIpc) is 2.91. The Balaban J connectivity index is 1.80. The molecule has 0 aliphatic carbocycles. The van der Waals surface area contributed by atoms with Gasteiger partial charge >= 0.3 is 12.1 Å². The molecule has 40 heavy (non-hydrogen) atoms. The fourth-order valence-electron chi connectivity index (χ4n) is 3.92. The summed E-state index contributed by atoms with van der Waals surface area (Å²) in [6.07, 6.45) is -0.492. The maximum atomic E-state index is 13.3. The number of alkyl halides is 3. The van der Waals surface area contributed by atoms with Gasteiger partial charge in [0, 0.05) is 41.8 Å². The van der Waals surface area contributed by atoms with E-state index in [0.29, 0.717) is 40.5 Å². The van der Waals surface area contributed by atoms with E-state index in [-0.39, 0.29) is 18.9 Å². The monoisotopic (exact) mass is 557 g/mol. The molecule has 2 aromatic carbocycles. The molecule has 0 aliphatic rings. The summed E-state index contributed by atoms with van der Waals surface area (Å²) in [5.74, 6) is -0.00359. The SMILES string of the molecule is CCCCc1nc(-c2ccc(C(F)(F)F)cc2)ncc1CC(=O)N(C)c1cccc(OC(C)(C)C(=O)OCC)c1. The van der Waals surface area contributed by atoms with Crippen molar-refractivity contribution in [1.29, 1.82) is 0 Å². The number of carbonyl (C=O) groups is 2. The molecule has 0 fully saturated rings. The lowest BCUT2D eigenvalue weighted by atomic mass is 10.1. The van der Waals surface area contributed by atoms with Crippen LogP contribution in [-0.2, 0) is 33.3 Å². The maximum absolute atomic E-state index is 13.3. The molecule has 0 saturated carbocycles. The van der Waals surface area contributed by atoms with Gasteiger partial charge in [-0.05, 0) is 57.9 Å². The lowest BCUT2D eigenvalue weighted by molar-refractivity contribution is -0.158. The number of unbranched alkanes of at least 4 members (excludes halogenated alkanes) is 1. The van der Waals surface area contributed by atoms with E-state index >= 15 is 0 Å². The molecule has 7 nitrogen and oxygen atoms in total. The number of aromatic nitrogens is 2. The van der Waals surface area contributed by atoms with Gasteiger partial charge in [0.1, 0.15) is 5.75 Å². The van der Waals surface area contributed by atoms with Crippen LogP contribution in [0.25, 0.3) is 11.4 Å². The van der Waals surface area contributed by atoms with Gasteiger partial charge in [-0.15, -0.1) is 0 Å². The molecule has 3 rings (SSSR count). The Morgan fingerprint density at radius 3 is 2.35 bits per heavy atom. The fraction of sp³-hybridized carbons (Fsp3) is 0.400. The van der Waals surface area contributed by atoms with Crippen molar-refractivity contribution in [3.05, 3.63) is 71.5 Å². The van der Waals surface area contributed by atoms with Gasteiger partial charge in [0.15, 0.2) is 11.4 Å². The number of amides is 1. The van der Waals surface area contributed by atoms with E-state index in [1.54, 1.807) is 58.3 Å². The maximum Gasteiger partial charge on any atom is 0.416 e. The lowest BCUT2D eigenvalue weighted by Gasteiger charge is -2.25. The molecular weight excluding hydrogens is 523 g/mol. The molecule has 1 amide bonds. The molecule has 1 heterocycles. The van der Waals surface area contributed by atoms with Crippen LogP contribution in [0.4, 0.5) is 18.9 Å². The van der Waals surface area contributed by atoms with Gasteiger partial charge in [-0.3, -0.25) is 4.79 Å². The largest absolute Gasteiger partial charge is 0.476 e. The lowest BCUT2D eigenvalue weighted by Crippen LogP contribution is -2.39. The minimum Gasteiger partial charge on any atom is -0.476 e. The van der Waals surface area contributed by atoms with Gasteiger partial charge in [0.05, 0.1) is 18.6 Å². The summed E-state index contributed by atoms with van der Waals surface area (Å²) in [6.45, 7) is 7.21. The first-order chi connectivity index (χ1) is 18.9. The number of nitrogens with zero attached hydrogens (tertiary/aromatic N) is 3. The number of carbonyl (C=O) groups excluding carboxylic acids is 2. The summed E-state index contributed by atoms with van der Waals surface area (Å²) in [5.41, 5.74) is 0.408. The Hall–Kier alpha value is -3.95. The molecule has 0 spiro atoms. The molecule has 0 saturated heterocycles. The zero-order chi connectivity index (χ0) is 29.5. The van der Waals surface area contributed by atoms with E-state index in [2.05, 4.69) is 9.97 Å². The first kappa shape index (κ1) is 30.6. The number of likely N-dealkylation sites (N-methyl/N-ethyl adjacent to an activating group) is 1. The average molecular weight is 558 g/mol. The van der Waals surface area contributed by atoms with Crippen LogP contribution in [0.3, 0.4) is 0 Å². The molecule has 214 valence electrons. The molecule has 0 bridgehead atoms. The van der Waals surface area contributed by atoms with E-state index in [1.807, 2.05) is 6.92 Å². The van der Waals surface area contributed by atoms with Gasteiger partial charge in [-0.2, -0.15) is 13.2 Å². The molecule has 0 atom stereocenters. The molecule has 3 aromatic rings. The van der Waals surface area contributed by atoms with Crippen molar-refractivity contribution in [2.75, 3.05) is 18.6 Å². The summed E-state index contributed by atoms with van der Waals surface area (Å²) in [5, 5.41) is 0. The summed E-state index contributed by atoms with van der Waals surface area (Å²) in [6, 6.07) is 11.5. The predicted octanol–water partition coefficient (Wildman–Crippen LogP) is 6.43. The summed E-state index contributed by atoms with van der Waals surface area (Å²) in [7, 11) is 1.64. The summed E-state index contributed by atoms with van der Waals surface area (Å²) in [4.78, 5) is 35.9. The van der Waals surface area contributed by atoms with Crippen molar-refractivity contribution < 1.29 is 32.2 Å². The van der Waals surface area contributed by atoms with Gasteiger partial charge in [0.25, 0.3) is 0 Å². The number of anilines is 1. The number of esters is 1. The second-order valence-electron chi connectivity index (χ2n) is 9.80. The van der Waals surface area contributed by atoms with Crippen molar-refractivity contribution in [2.45, 2.75) is 65.2 Å². The number of ether oxygens (including phenoxy) is 2. The highest BCUT2D eigenvalue weighted by molar-refractivity contribution is 5.94. The Morgan fingerprint density at radius 1 is 1.02 bits per heavy atom. The van der Waals surface area contributed by atoms with Crippen LogP contribution in [0.1, 0.15) is 57.4 Å². The number of halogens is 3. The van der Waals surface area contributed by atoms with Crippen molar-refractivity contribution in [3.63, 3.8) is 0 Å². The molecule has 0 radical (unpaired) electrons. The van der Waals surface area contributed by atoms with Gasteiger partial charge in [-0.1, -0.05) is 31.5 Å². The summed E-state index contributed by atoms with van der Waals surface area (Å²) < 4.78 is 49.8. The molecular formula is C30H34F3N3O4. The Labute approximate surface area is 232 Å². The third kappa shape index (κ3) is 7.80. The minimum atomic E-state index is -4.43. The number of hydrogen-bond donors (Lipinski definition) is 0. The van der Waals surface area contributed by atoms with Crippen LogP contribution < -0.4 is 9.64 Å². The van der Waals surface area contributed by atoms with Crippen LogP contribution in [0.5, 0.6) is 5.75 Å². The predicted molar refractivity (Wildman–Crippen MR) is 146 cm³/mol. The third-order valence-corrected chi connectivity index (χ3v) is 6.25. The fourth-order valence-corrected chi connectivity index (χ4v) is 3.92. The van der Waals surface area contributed by atoms with Crippen LogP contribution in [0, 0.1) is 0 Å². The number of benzene rings is 2. The normalized spacial score (nSPS) is 11.7. The number of rotatable bonds is 11. The zero-order valence-electron chi connectivity index (χ0n) is 23.3. The molecule has 1 aromatic heterocycles. The summed E-state index contributed by atoms with van der Waals surface area (Å²) >= 11 is 0. The van der Waals surface area contributed by atoms with Gasteiger partial charge in [-0.25, -0.2) is 14.8 Å². The van der Waals surface area contributed by atoms with E-state index in [1.165, 1.54) is 17.0 Å². The second kappa shape index (κ2) is 12.9. The van der Waals surface area contributed by atoms with Crippen molar-refractivity contribution >= 4 is 17.6 Å². The van der Waals surface area contributed by atoms with Crippen LogP contribution in [-0.4, -0.2) is 41.1 Å². The van der Waals surface area contributed by atoms with Crippen LogP contribution >= 0.6 is 0 Å². The Kier molecular flexibility index (Phi) is 9.89. The molecule has 0 unspecified atom stereocenters. The van der Waals surface area contributed by atoms with E-state index in [4.69, 9.17) is 9.47 Å². The molecule has 0 N–H and O–H groups in total. The number of aryl methyl sites for hydroxylation is 1. The Morgan fingerprint density at radius 2 is 1.73 bits per heavy atom. The van der Waals surface area contributed by atoms with Crippen LogP contribution in [0.2, 0.25) is 0 Å². The highest BCUT2D eigenvalue weighted by Crippen LogP contribution is 2.31. The molecule has 10 heteroatoms. The van der Waals surface area contributed by atoms with Crippen LogP contribution in [0.15, 0.2) is 54.7 Å². The van der Waals surface area contributed by atoms with Gasteiger partial charge in [0.2, 0.25) is 5.91 Å². The first-order valence-electron chi connectivity index (χ1n) is 13.1. The standard InChI is InChI=1S/C30H34F3N3O4/c1-6-8-12-25-21(19-34-27(35-25)20-13-15-22(16-14-20)30(31,32)33)17-26(37)36(5)23-10-9-11-24(18-23)40-29(3,4)28(38)39-7-2/h9-11,13-16,18-19H,6-8,12,17H2,1-5H3. The zero-order valence-corrected chi connectivity index (χ0v) is 23.3. The Bertz CT molecular complexity index is 1320. The highest BCUT2D eigenvalue weighted by atomic mass is 19.4. The van der Waals surface area contributed by atoms with E-state index < -0.39 is 23.3 Å². The van der Waals surface area contributed by atoms with Gasteiger partial charge < -0.3 is 14.4 Å². The van der Waals surface area contributed by atoms with E-state index in [0.717, 1.165) is 25.0 Å². The number of hydrogen-bond acceptors (Lipinski definition) is 6. The molecule has 0 aliphatic heterocycles. The highest BCUT2D eigenvalue weighted by Gasteiger charge is 2.32. The quantitative estimate of drug-likeness (QED) is 0.253. The van der Waals surface area contributed by atoms with Crippen molar-refractivity contribution in [3.8, 4) is 17.1 Å². The topological polar surface area (TPSA) is 81.6 Å². The third-order valence-electron chi connectivity index (χ3n) is 6.25.